The summed E-state index contributed by atoms with van der Waals surface area (Å²) in [6.07, 6.45) is 6.04. The van der Waals surface area contributed by atoms with Crippen molar-refractivity contribution in [1.82, 2.24) is 25.1 Å². The zero-order valence-electron chi connectivity index (χ0n) is 17.0. The molecule has 4 rings (SSSR count). The Hall–Kier alpha value is -1.93. The number of ether oxygens (including phenoxy) is 1. The highest BCUT2D eigenvalue weighted by Crippen LogP contribution is 2.38. The van der Waals surface area contributed by atoms with Crippen LogP contribution in [0.25, 0.3) is 0 Å². The minimum absolute atomic E-state index is 0.367. The zero-order valence-corrected chi connectivity index (χ0v) is 17.0. The fourth-order valence-corrected chi connectivity index (χ4v) is 4.44. The number of aromatic nitrogens is 2. The van der Waals surface area contributed by atoms with Gasteiger partial charge in [0.15, 0.2) is 5.96 Å². The van der Waals surface area contributed by atoms with Crippen molar-refractivity contribution in [1.29, 1.82) is 0 Å². The first kappa shape index (κ1) is 19.4. The maximum atomic E-state index is 5.66. The van der Waals surface area contributed by atoms with Crippen molar-refractivity contribution in [2.75, 3.05) is 77.0 Å². The van der Waals surface area contributed by atoms with Gasteiger partial charge in [-0.05, 0) is 25.8 Å². The maximum Gasteiger partial charge on any atom is 0.225 e. The van der Waals surface area contributed by atoms with Crippen molar-refractivity contribution in [3.8, 4) is 0 Å². The number of aliphatic imine (C=N–C) groups is 1. The van der Waals surface area contributed by atoms with Gasteiger partial charge in [-0.25, -0.2) is 9.97 Å². The molecular weight excluding hydrogens is 354 g/mol. The molecule has 0 radical (unpaired) electrons. The fraction of sp³-hybridized carbons (Fsp3) is 0.750. The summed E-state index contributed by atoms with van der Waals surface area (Å²) in [6.45, 7) is 12.9. The molecule has 3 saturated heterocycles. The molecule has 1 unspecified atom stereocenters. The van der Waals surface area contributed by atoms with Crippen LogP contribution in [0.15, 0.2) is 23.5 Å². The van der Waals surface area contributed by atoms with E-state index in [1.54, 1.807) is 0 Å². The van der Waals surface area contributed by atoms with Crippen LogP contribution < -0.4 is 10.2 Å². The highest BCUT2D eigenvalue weighted by molar-refractivity contribution is 5.80. The first-order valence-corrected chi connectivity index (χ1v) is 10.6. The van der Waals surface area contributed by atoms with E-state index in [0.29, 0.717) is 5.41 Å². The van der Waals surface area contributed by atoms with E-state index >= 15 is 0 Å². The molecule has 0 saturated carbocycles. The van der Waals surface area contributed by atoms with Gasteiger partial charge in [0.2, 0.25) is 5.95 Å². The van der Waals surface area contributed by atoms with Crippen LogP contribution in [0.1, 0.15) is 19.8 Å². The lowest BCUT2D eigenvalue weighted by molar-refractivity contribution is 0.156. The Morgan fingerprint density at radius 1 is 1.18 bits per heavy atom. The van der Waals surface area contributed by atoms with Gasteiger partial charge in [-0.3, -0.25) is 9.89 Å². The molecule has 8 nitrogen and oxygen atoms in total. The Kier molecular flexibility index (Phi) is 6.26. The summed E-state index contributed by atoms with van der Waals surface area (Å²) in [7, 11) is 0. The van der Waals surface area contributed by atoms with Gasteiger partial charge in [-0.1, -0.05) is 0 Å². The molecular formula is C20H33N7O. The van der Waals surface area contributed by atoms with Crippen LogP contribution in [0.2, 0.25) is 0 Å². The normalized spacial score (nSPS) is 26.4. The minimum atomic E-state index is 0.367. The summed E-state index contributed by atoms with van der Waals surface area (Å²) in [4.78, 5) is 20.8. The lowest BCUT2D eigenvalue weighted by Crippen LogP contribution is -2.48. The molecule has 1 atom stereocenters. The maximum absolute atomic E-state index is 5.66. The lowest BCUT2D eigenvalue weighted by Gasteiger charge is -2.34. The number of nitrogens with zero attached hydrogens (tertiary/aromatic N) is 6. The number of guanidine groups is 1. The Balaban J connectivity index is 1.25. The summed E-state index contributed by atoms with van der Waals surface area (Å²) in [5.41, 5.74) is 0.367. The van der Waals surface area contributed by atoms with Crippen molar-refractivity contribution >= 4 is 11.9 Å². The van der Waals surface area contributed by atoms with Crippen LogP contribution in [0, 0.1) is 5.41 Å². The third-order valence-corrected chi connectivity index (χ3v) is 6.14. The predicted octanol–water partition coefficient (Wildman–Crippen LogP) is 0.677. The SMILES string of the molecule is CCNC(=NCCN1CCN(c2ncccn2)CC1)N1CCC2(CCOC2)C1. The van der Waals surface area contributed by atoms with E-state index in [2.05, 4.69) is 36.9 Å². The van der Waals surface area contributed by atoms with Gasteiger partial charge in [-0.15, -0.1) is 0 Å². The molecule has 0 bridgehead atoms. The second kappa shape index (κ2) is 9.05. The molecule has 1 aromatic heterocycles. The van der Waals surface area contributed by atoms with Crippen molar-refractivity contribution in [3.05, 3.63) is 18.5 Å². The Bertz CT molecular complexity index is 639. The summed E-state index contributed by atoms with van der Waals surface area (Å²) < 4.78 is 5.66. The van der Waals surface area contributed by atoms with E-state index in [-0.39, 0.29) is 0 Å². The van der Waals surface area contributed by atoms with Crippen molar-refractivity contribution in [2.45, 2.75) is 19.8 Å². The Morgan fingerprint density at radius 2 is 2.00 bits per heavy atom. The number of hydrogen-bond acceptors (Lipinski definition) is 6. The van der Waals surface area contributed by atoms with Gasteiger partial charge in [0.05, 0.1) is 13.2 Å². The van der Waals surface area contributed by atoms with E-state index < -0.39 is 0 Å². The Labute approximate surface area is 168 Å². The van der Waals surface area contributed by atoms with Gasteiger partial charge in [0.1, 0.15) is 0 Å². The monoisotopic (exact) mass is 387 g/mol. The molecule has 3 fully saturated rings. The third-order valence-electron chi connectivity index (χ3n) is 6.14. The minimum Gasteiger partial charge on any atom is -0.381 e. The van der Waals surface area contributed by atoms with E-state index in [1.165, 1.54) is 12.8 Å². The smallest absolute Gasteiger partial charge is 0.225 e. The lowest BCUT2D eigenvalue weighted by atomic mass is 9.87. The van der Waals surface area contributed by atoms with E-state index in [1.807, 2.05) is 18.5 Å². The van der Waals surface area contributed by atoms with Crippen LogP contribution in [0.3, 0.4) is 0 Å². The van der Waals surface area contributed by atoms with Crippen LogP contribution in [0.5, 0.6) is 0 Å². The van der Waals surface area contributed by atoms with Crippen molar-refractivity contribution < 1.29 is 4.74 Å². The van der Waals surface area contributed by atoms with E-state index in [9.17, 15) is 0 Å². The molecule has 3 aliphatic heterocycles. The van der Waals surface area contributed by atoms with Gasteiger partial charge in [0, 0.05) is 76.8 Å². The molecule has 8 heteroatoms. The fourth-order valence-electron chi connectivity index (χ4n) is 4.44. The number of rotatable bonds is 5. The summed E-state index contributed by atoms with van der Waals surface area (Å²) in [6, 6.07) is 1.86. The topological polar surface area (TPSA) is 69.1 Å². The molecule has 1 aromatic rings. The zero-order chi connectivity index (χ0) is 19.2. The average molecular weight is 388 g/mol. The highest BCUT2D eigenvalue weighted by atomic mass is 16.5. The average Bonchev–Trinajstić information content (AvgIpc) is 3.38. The van der Waals surface area contributed by atoms with Crippen LogP contribution >= 0.6 is 0 Å². The Morgan fingerprint density at radius 3 is 2.71 bits per heavy atom. The second-order valence-electron chi connectivity index (χ2n) is 8.09. The molecule has 1 N–H and O–H groups in total. The summed E-state index contributed by atoms with van der Waals surface area (Å²) in [5.74, 6) is 1.91. The standard InChI is InChI=1S/C20H33N7O/c1-2-21-18(27-9-4-20(16-27)5-15-28-17-20)24-8-10-25-11-13-26(14-12-25)19-22-6-3-7-23-19/h3,6-7H,2,4-5,8-17H2,1H3,(H,21,24). The van der Waals surface area contributed by atoms with E-state index in [4.69, 9.17) is 9.73 Å². The van der Waals surface area contributed by atoms with E-state index in [0.717, 1.165) is 84.0 Å². The first-order valence-electron chi connectivity index (χ1n) is 10.6. The van der Waals surface area contributed by atoms with Crippen molar-refractivity contribution in [3.63, 3.8) is 0 Å². The highest BCUT2D eigenvalue weighted by Gasteiger charge is 2.42. The number of piperazine rings is 1. The molecule has 154 valence electrons. The second-order valence-corrected chi connectivity index (χ2v) is 8.09. The largest absolute Gasteiger partial charge is 0.381 e. The molecule has 3 aliphatic rings. The first-order chi connectivity index (χ1) is 13.8. The predicted molar refractivity (Wildman–Crippen MR) is 111 cm³/mol. The molecule has 28 heavy (non-hydrogen) atoms. The van der Waals surface area contributed by atoms with Gasteiger partial charge in [-0.2, -0.15) is 0 Å². The molecule has 1 spiro atoms. The number of likely N-dealkylation sites (tertiary alicyclic amines) is 1. The molecule has 4 heterocycles. The van der Waals surface area contributed by atoms with Gasteiger partial charge >= 0.3 is 0 Å². The molecule has 0 aliphatic carbocycles. The summed E-state index contributed by atoms with van der Waals surface area (Å²) in [5, 5.41) is 3.49. The number of hydrogen-bond donors (Lipinski definition) is 1. The van der Waals surface area contributed by atoms with Crippen LogP contribution in [-0.2, 0) is 4.74 Å². The van der Waals surface area contributed by atoms with Crippen LogP contribution in [0.4, 0.5) is 5.95 Å². The number of nitrogens with one attached hydrogen (secondary N) is 1. The number of anilines is 1. The summed E-state index contributed by atoms with van der Waals surface area (Å²) >= 11 is 0. The third kappa shape index (κ3) is 4.55. The van der Waals surface area contributed by atoms with Crippen LogP contribution in [-0.4, -0.2) is 97.8 Å². The quantitative estimate of drug-likeness (QED) is 0.588. The van der Waals surface area contributed by atoms with Crippen molar-refractivity contribution in [2.24, 2.45) is 10.4 Å². The molecule has 0 aromatic carbocycles. The van der Waals surface area contributed by atoms with Gasteiger partial charge < -0.3 is 19.9 Å². The molecule has 0 amide bonds. The van der Waals surface area contributed by atoms with Gasteiger partial charge in [0.25, 0.3) is 0 Å².